The molecule has 0 aliphatic rings. The van der Waals surface area contributed by atoms with Gasteiger partial charge >= 0.3 is 0 Å². The lowest BCUT2D eigenvalue weighted by Crippen LogP contribution is -2.37. The first-order chi connectivity index (χ1) is 8.08. The van der Waals surface area contributed by atoms with Crippen LogP contribution >= 0.6 is 0 Å². The molecule has 1 amide bonds. The van der Waals surface area contributed by atoms with Crippen LogP contribution in [0.1, 0.15) is 12.5 Å². The van der Waals surface area contributed by atoms with E-state index in [0.717, 1.165) is 17.9 Å². The van der Waals surface area contributed by atoms with Crippen LogP contribution < -0.4 is 10.6 Å². The SMILES string of the molecule is CCN(CC(=O)N(C)C)c1cc(CN)ccn1. The van der Waals surface area contributed by atoms with Gasteiger partial charge < -0.3 is 15.5 Å². The van der Waals surface area contributed by atoms with Gasteiger partial charge in [-0.2, -0.15) is 0 Å². The molecule has 0 aliphatic heterocycles. The van der Waals surface area contributed by atoms with Crippen molar-refractivity contribution in [3.8, 4) is 0 Å². The van der Waals surface area contributed by atoms with E-state index in [9.17, 15) is 4.79 Å². The predicted octanol–water partition coefficient (Wildman–Crippen LogP) is 0.455. The second-order valence-corrected chi connectivity index (χ2v) is 4.03. The van der Waals surface area contributed by atoms with Crippen LogP contribution in [0.4, 0.5) is 5.82 Å². The van der Waals surface area contributed by atoms with Crippen LogP contribution in [-0.4, -0.2) is 43.0 Å². The highest BCUT2D eigenvalue weighted by molar-refractivity contribution is 5.80. The van der Waals surface area contributed by atoms with Crippen molar-refractivity contribution in [2.75, 3.05) is 32.1 Å². The molecular weight excluding hydrogens is 216 g/mol. The first kappa shape index (κ1) is 13.4. The molecule has 1 aromatic rings. The third-order valence-corrected chi connectivity index (χ3v) is 2.58. The number of pyridine rings is 1. The number of likely N-dealkylation sites (N-methyl/N-ethyl adjacent to an activating group) is 2. The van der Waals surface area contributed by atoms with Crippen LogP contribution in [0.15, 0.2) is 18.3 Å². The second kappa shape index (κ2) is 6.20. The zero-order valence-corrected chi connectivity index (χ0v) is 10.7. The maximum Gasteiger partial charge on any atom is 0.241 e. The number of nitrogens with two attached hydrogens (primary N) is 1. The van der Waals surface area contributed by atoms with E-state index in [0.29, 0.717) is 13.1 Å². The molecule has 0 spiro atoms. The molecule has 0 saturated heterocycles. The fraction of sp³-hybridized carbons (Fsp3) is 0.500. The van der Waals surface area contributed by atoms with Crippen LogP contribution in [0.5, 0.6) is 0 Å². The summed E-state index contributed by atoms with van der Waals surface area (Å²) in [6.45, 7) is 3.56. The number of aromatic nitrogens is 1. The van der Waals surface area contributed by atoms with Crippen molar-refractivity contribution in [3.05, 3.63) is 23.9 Å². The summed E-state index contributed by atoms with van der Waals surface area (Å²) >= 11 is 0. The zero-order chi connectivity index (χ0) is 12.8. The standard InChI is InChI=1S/C12H20N4O/c1-4-16(9-12(17)15(2)3)11-7-10(8-13)5-6-14-11/h5-7H,4,8-9,13H2,1-3H3. The Balaban J connectivity index is 2.82. The van der Waals surface area contributed by atoms with Gasteiger partial charge in [0, 0.05) is 33.4 Å². The monoisotopic (exact) mass is 236 g/mol. The van der Waals surface area contributed by atoms with Gasteiger partial charge in [0.15, 0.2) is 0 Å². The van der Waals surface area contributed by atoms with E-state index in [1.807, 2.05) is 24.0 Å². The lowest BCUT2D eigenvalue weighted by atomic mass is 10.2. The molecule has 0 saturated carbocycles. The molecule has 0 aliphatic carbocycles. The van der Waals surface area contributed by atoms with E-state index >= 15 is 0 Å². The molecule has 0 aromatic carbocycles. The molecule has 0 unspecified atom stereocenters. The first-order valence-electron chi connectivity index (χ1n) is 5.68. The van der Waals surface area contributed by atoms with Crippen molar-refractivity contribution < 1.29 is 4.79 Å². The van der Waals surface area contributed by atoms with Crippen LogP contribution in [0.3, 0.4) is 0 Å². The van der Waals surface area contributed by atoms with Crippen molar-refractivity contribution in [1.82, 2.24) is 9.88 Å². The minimum Gasteiger partial charge on any atom is -0.348 e. The minimum absolute atomic E-state index is 0.0619. The summed E-state index contributed by atoms with van der Waals surface area (Å²) in [5.41, 5.74) is 6.61. The number of nitrogens with zero attached hydrogens (tertiary/aromatic N) is 3. The fourth-order valence-electron chi connectivity index (χ4n) is 1.42. The van der Waals surface area contributed by atoms with Gasteiger partial charge in [0.05, 0.1) is 6.54 Å². The van der Waals surface area contributed by atoms with E-state index in [4.69, 9.17) is 5.73 Å². The molecule has 2 N–H and O–H groups in total. The summed E-state index contributed by atoms with van der Waals surface area (Å²) in [5.74, 6) is 0.859. The summed E-state index contributed by atoms with van der Waals surface area (Å²) in [6.07, 6.45) is 1.72. The normalized spacial score (nSPS) is 10.1. The number of hydrogen-bond donors (Lipinski definition) is 1. The van der Waals surface area contributed by atoms with E-state index in [2.05, 4.69) is 4.98 Å². The third kappa shape index (κ3) is 3.71. The average Bonchev–Trinajstić information content (AvgIpc) is 2.35. The fourth-order valence-corrected chi connectivity index (χ4v) is 1.42. The quantitative estimate of drug-likeness (QED) is 0.806. The zero-order valence-electron chi connectivity index (χ0n) is 10.7. The van der Waals surface area contributed by atoms with Crippen LogP contribution in [0.25, 0.3) is 0 Å². The number of carbonyl (C=O) groups excluding carboxylic acids is 1. The molecule has 1 aromatic heterocycles. The third-order valence-electron chi connectivity index (χ3n) is 2.58. The Hall–Kier alpha value is -1.62. The highest BCUT2D eigenvalue weighted by Crippen LogP contribution is 2.12. The van der Waals surface area contributed by atoms with Gasteiger partial charge in [-0.05, 0) is 24.6 Å². The topological polar surface area (TPSA) is 62.5 Å². The maximum absolute atomic E-state index is 11.7. The minimum atomic E-state index is 0.0619. The molecule has 0 fully saturated rings. The highest BCUT2D eigenvalue weighted by atomic mass is 16.2. The summed E-state index contributed by atoms with van der Waals surface area (Å²) in [5, 5.41) is 0. The summed E-state index contributed by atoms with van der Waals surface area (Å²) in [6, 6.07) is 3.80. The number of hydrogen-bond acceptors (Lipinski definition) is 4. The van der Waals surface area contributed by atoms with Crippen molar-refractivity contribution in [1.29, 1.82) is 0 Å². The van der Waals surface area contributed by atoms with E-state index in [-0.39, 0.29) is 5.91 Å². The number of anilines is 1. The summed E-state index contributed by atoms with van der Waals surface area (Å²) in [7, 11) is 3.50. The molecular formula is C12H20N4O. The van der Waals surface area contributed by atoms with Gasteiger partial charge in [-0.3, -0.25) is 4.79 Å². The van der Waals surface area contributed by atoms with E-state index in [1.54, 1.807) is 25.2 Å². The Kier molecular flexibility index (Phi) is 4.90. The molecule has 94 valence electrons. The van der Waals surface area contributed by atoms with E-state index < -0.39 is 0 Å². The van der Waals surface area contributed by atoms with Crippen molar-refractivity contribution >= 4 is 11.7 Å². The Morgan fingerprint density at radius 2 is 2.18 bits per heavy atom. The molecule has 5 heteroatoms. The Labute approximate surface area is 102 Å². The molecule has 0 atom stereocenters. The van der Waals surface area contributed by atoms with Crippen LogP contribution in [-0.2, 0) is 11.3 Å². The lowest BCUT2D eigenvalue weighted by Gasteiger charge is -2.23. The van der Waals surface area contributed by atoms with Gasteiger partial charge in [0.2, 0.25) is 5.91 Å². The van der Waals surface area contributed by atoms with Gasteiger partial charge in [0.25, 0.3) is 0 Å². The summed E-state index contributed by atoms with van der Waals surface area (Å²) in [4.78, 5) is 19.5. The van der Waals surface area contributed by atoms with E-state index in [1.165, 1.54) is 0 Å². The van der Waals surface area contributed by atoms with Gasteiger partial charge in [-0.15, -0.1) is 0 Å². The smallest absolute Gasteiger partial charge is 0.241 e. The molecule has 0 bridgehead atoms. The van der Waals surface area contributed by atoms with Crippen molar-refractivity contribution in [2.45, 2.75) is 13.5 Å². The van der Waals surface area contributed by atoms with Gasteiger partial charge in [0.1, 0.15) is 5.82 Å². The Bertz CT molecular complexity index is 379. The molecule has 17 heavy (non-hydrogen) atoms. The largest absolute Gasteiger partial charge is 0.348 e. The maximum atomic E-state index is 11.7. The highest BCUT2D eigenvalue weighted by Gasteiger charge is 2.12. The second-order valence-electron chi connectivity index (χ2n) is 4.03. The summed E-state index contributed by atoms with van der Waals surface area (Å²) < 4.78 is 0. The Morgan fingerprint density at radius 1 is 1.47 bits per heavy atom. The van der Waals surface area contributed by atoms with Crippen LogP contribution in [0, 0.1) is 0 Å². The first-order valence-corrected chi connectivity index (χ1v) is 5.68. The number of rotatable bonds is 5. The van der Waals surface area contributed by atoms with Crippen molar-refractivity contribution in [3.63, 3.8) is 0 Å². The molecule has 5 nitrogen and oxygen atoms in total. The Morgan fingerprint density at radius 3 is 2.71 bits per heavy atom. The van der Waals surface area contributed by atoms with Crippen LogP contribution in [0.2, 0.25) is 0 Å². The molecule has 0 radical (unpaired) electrons. The average molecular weight is 236 g/mol. The van der Waals surface area contributed by atoms with Crippen molar-refractivity contribution in [2.24, 2.45) is 5.73 Å². The van der Waals surface area contributed by atoms with Gasteiger partial charge in [-0.25, -0.2) is 4.98 Å². The molecule has 1 rings (SSSR count). The number of carbonyl (C=O) groups is 1. The number of amides is 1. The predicted molar refractivity (Wildman–Crippen MR) is 68.7 cm³/mol. The molecule has 1 heterocycles. The van der Waals surface area contributed by atoms with Gasteiger partial charge in [-0.1, -0.05) is 0 Å². The lowest BCUT2D eigenvalue weighted by molar-refractivity contribution is -0.127.